The number of carbonyl (C=O) groups excluding carboxylic acids is 1. The maximum Gasteiger partial charge on any atom is 0.226 e. The Balaban J connectivity index is 1.95. The van der Waals surface area contributed by atoms with E-state index < -0.39 is 0 Å². The van der Waals surface area contributed by atoms with Crippen molar-refractivity contribution in [1.29, 1.82) is 0 Å². The molecule has 0 atom stereocenters. The molecule has 1 amide bonds. The largest absolute Gasteiger partial charge is 0.367 e. The van der Waals surface area contributed by atoms with E-state index in [4.69, 9.17) is 0 Å². The van der Waals surface area contributed by atoms with Crippen LogP contribution in [-0.4, -0.2) is 24.0 Å². The van der Waals surface area contributed by atoms with Crippen molar-refractivity contribution in [3.05, 3.63) is 24.0 Å². The zero-order valence-electron chi connectivity index (χ0n) is 11.1. The smallest absolute Gasteiger partial charge is 0.226 e. The standard InChI is InChI=1S/C14H23N3O/c1-2-4-14(5-8-15-9-6-14)13(18)17-11-12-3-7-16-10-12/h3,7,10,15-16H,2,4-6,8-9,11H2,1H3,(H,17,18). The first-order valence-corrected chi connectivity index (χ1v) is 6.87. The van der Waals surface area contributed by atoms with Gasteiger partial charge in [-0.25, -0.2) is 0 Å². The van der Waals surface area contributed by atoms with E-state index in [-0.39, 0.29) is 11.3 Å². The number of H-pyrrole nitrogens is 1. The maximum absolute atomic E-state index is 12.5. The summed E-state index contributed by atoms with van der Waals surface area (Å²) in [7, 11) is 0. The number of hydrogen-bond acceptors (Lipinski definition) is 2. The molecule has 0 saturated carbocycles. The van der Waals surface area contributed by atoms with Gasteiger partial charge in [-0.2, -0.15) is 0 Å². The second kappa shape index (κ2) is 6.05. The molecular formula is C14H23N3O. The topological polar surface area (TPSA) is 56.9 Å². The van der Waals surface area contributed by atoms with Crippen molar-refractivity contribution >= 4 is 5.91 Å². The molecule has 100 valence electrons. The molecule has 18 heavy (non-hydrogen) atoms. The highest BCUT2D eigenvalue weighted by Crippen LogP contribution is 2.34. The molecule has 0 bridgehead atoms. The molecule has 0 aromatic carbocycles. The zero-order valence-corrected chi connectivity index (χ0v) is 11.1. The molecule has 1 saturated heterocycles. The molecule has 4 nitrogen and oxygen atoms in total. The van der Waals surface area contributed by atoms with Gasteiger partial charge in [0.05, 0.1) is 5.41 Å². The average molecular weight is 249 g/mol. The Morgan fingerprint density at radius 1 is 1.44 bits per heavy atom. The molecule has 1 aromatic rings. The summed E-state index contributed by atoms with van der Waals surface area (Å²) in [5.74, 6) is 0.229. The lowest BCUT2D eigenvalue weighted by Gasteiger charge is -2.36. The lowest BCUT2D eigenvalue weighted by atomic mass is 9.74. The first-order chi connectivity index (χ1) is 8.77. The number of rotatable bonds is 5. The predicted octanol–water partition coefficient (Wildman–Crippen LogP) is 1.80. The monoisotopic (exact) mass is 249 g/mol. The summed E-state index contributed by atoms with van der Waals surface area (Å²) in [5, 5.41) is 6.43. The molecule has 0 radical (unpaired) electrons. The highest BCUT2D eigenvalue weighted by Gasteiger charge is 2.38. The minimum absolute atomic E-state index is 0.143. The molecule has 0 spiro atoms. The molecule has 1 fully saturated rings. The van der Waals surface area contributed by atoms with Crippen LogP contribution in [0.5, 0.6) is 0 Å². The van der Waals surface area contributed by atoms with Gasteiger partial charge in [0.25, 0.3) is 0 Å². The van der Waals surface area contributed by atoms with Gasteiger partial charge in [0, 0.05) is 18.9 Å². The first-order valence-electron chi connectivity index (χ1n) is 6.87. The van der Waals surface area contributed by atoms with E-state index >= 15 is 0 Å². The lowest BCUT2D eigenvalue weighted by molar-refractivity contribution is -0.133. The quantitative estimate of drug-likeness (QED) is 0.745. The highest BCUT2D eigenvalue weighted by molar-refractivity contribution is 5.82. The summed E-state index contributed by atoms with van der Waals surface area (Å²) < 4.78 is 0. The molecule has 1 aromatic heterocycles. The van der Waals surface area contributed by atoms with Crippen LogP contribution in [-0.2, 0) is 11.3 Å². The number of amides is 1. The molecule has 2 heterocycles. The van der Waals surface area contributed by atoms with Gasteiger partial charge >= 0.3 is 0 Å². The van der Waals surface area contributed by atoms with Crippen LogP contribution in [0.4, 0.5) is 0 Å². The molecule has 1 aliphatic rings. The SMILES string of the molecule is CCCC1(C(=O)NCc2cc[nH]c2)CCNCC1. The fourth-order valence-corrected chi connectivity index (χ4v) is 2.81. The number of hydrogen-bond donors (Lipinski definition) is 3. The lowest BCUT2D eigenvalue weighted by Crippen LogP contribution is -2.47. The van der Waals surface area contributed by atoms with Gasteiger partial charge in [0.1, 0.15) is 0 Å². The zero-order chi connectivity index (χ0) is 12.8. The van der Waals surface area contributed by atoms with Gasteiger partial charge in [-0.05, 0) is 44.0 Å². The van der Waals surface area contributed by atoms with Crippen LogP contribution >= 0.6 is 0 Å². The van der Waals surface area contributed by atoms with Gasteiger partial charge in [-0.3, -0.25) is 4.79 Å². The van der Waals surface area contributed by atoms with Crippen molar-refractivity contribution in [3.8, 4) is 0 Å². The maximum atomic E-state index is 12.5. The van der Waals surface area contributed by atoms with E-state index in [0.29, 0.717) is 6.54 Å². The van der Waals surface area contributed by atoms with Crippen LogP contribution in [0, 0.1) is 5.41 Å². The fourth-order valence-electron chi connectivity index (χ4n) is 2.81. The first kappa shape index (κ1) is 13.1. The second-order valence-corrected chi connectivity index (χ2v) is 5.18. The summed E-state index contributed by atoms with van der Waals surface area (Å²) in [4.78, 5) is 15.5. The Hall–Kier alpha value is -1.29. The van der Waals surface area contributed by atoms with Crippen LogP contribution in [0.1, 0.15) is 38.2 Å². The number of piperidine rings is 1. The number of carbonyl (C=O) groups is 1. The Morgan fingerprint density at radius 2 is 2.22 bits per heavy atom. The van der Waals surface area contributed by atoms with Crippen LogP contribution in [0.25, 0.3) is 0 Å². The van der Waals surface area contributed by atoms with E-state index in [0.717, 1.165) is 44.3 Å². The summed E-state index contributed by atoms with van der Waals surface area (Å²) >= 11 is 0. The van der Waals surface area contributed by atoms with E-state index in [2.05, 4.69) is 22.5 Å². The fraction of sp³-hybridized carbons (Fsp3) is 0.643. The van der Waals surface area contributed by atoms with Gasteiger partial charge < -0.3 is 15.6 Å². The summed E-state index contributed by atoms with van der Waals surface area (Å²) in [6.45, 7) is 4.69. The second-order valence-electron chi connectivity index (χ2n) is 5.18. The number of aromatic amines is 1. The summed E-state index contributed by atoms with van der Waals surface area (Å²) in [5.41, 5.74) is 0.986. The Kier molecular flexibility index (Phi) is 4.42. The molecular weight excluding hydrogens is 226 g/mol. The van der Waals surface area contributed by atoms with Gasteiger partial charge in [0.15, 0.2) is 0 Å². The van der Waals surface area contributed by atoms with Crippen LogP contribution in [0.15, 0.2) is 18.5 Å². The summed E-state index contributed by atoms with van der Waals surface area (Å²) in [6, 6.07) is 2.00. The third-order valence-corrected chi connectivity index (χ3v) is 3.89. The van der Waals surface area contributed by atoms with Gasteiger partial charge in [-0.15, -0.1) is 0 Å². The minimum atomic E-state index is -0.143. The van der Waals surface area contributed by atoms with Crippen molar-refractivity contribution in [2.75, 3.05) is 13.1 Å². The number of nitrogens with one attached hydrogen (secondary N) is 3. The molecule has 2 rings (SSSR count). The van der Waals surface area contributed by atoms with Gasteiger partial charge in [-0.1, -0.05) is 13.3 Å². The molecule has 0 unspecified atom stereocenters. The number of aromatic nitrogens is 1. The normalized spacial score (nSPS) is 18.5. The van der Waals surface area contributed by atoms with Crippen molar-refractivity contribution < 1.29 is 4.79 Å². The van der Waals surface area contributed by atoms with Crippen LogP contribution in [0.3, 0.4) is 0 Å². The van der Waals surface area contributed by atoms with E-state index in [1.54, 1.807) is 0 Å². The van der Waals surface area contributed by atoms with Crippen molar-refractivity contribution in [2.45, 2.75) is 39.2 Å². The van der Waals surface area contributed by atoms with E-state index in [1.165, 1.54) is 0 Å². The van der Waals surface area contributed by atoms with E-state index in [9.17, 15) is 4.79 Å². The molecule has 1 aliphatic heterocycles. The van der Waals surface area contributed by atoms with Crippen molar-refractivity contribution in [3.63, 3.8) is 0 Å². The Bertz CT molecular complexity index is 361. The van der Waals surface area contributed by atoms with E-state index in [1.807, 2.05) is 18.5 Å². The van der Waals surface area contributed by atoms with Crippen LogP contribution in [0.2, 0.25) is 0 Å². The van der Waals surface area contributed by atoms with Crippen LogP contribution < -0.4 is 10.6 Å². The predicted molar refractivity (Wildman–Crippen MR) is 72.1 cm³/mol. The van der Waals surface area contributed by atoms with Crippen molar-refractivity contribution in [1.82, 2.24) is 15.6 Å². The third-order valence-electron chi connectivity index (χ3n) is 3.89. The Labute approximate surface area is 109 Å². The molecule has 3 N–H and O–H groups in total. The average Bonchev–Trinajstić information content (AvgIpc) is 2.90. The third kappa shape index (κ3) is 2.93. The van der Waals surface area contributed by atoms with Crippen molar-refractivity contribution in [2.24, 2.45) is 5.41 Å². The van der Waals surface area contributed by atoms with Gasteiger partial charge in [0.2, 0.25) is 5.91 Å². The Morgan fingerprint density at radius 3 is 2.83 bits per heavy atom. The minimum Gasteiger partial charge on any atom is -0.367 e. The highest BCUT2D eigenvalue weighted by atomic mass is 16.2. The molecule has 4 heteroatoms. The summed E-state index contributed by atoms with van der Waals surface area (Å²) in [6.07, 6.45) is 7.79. The molecule has 0 aliphatic carbocycles.